The molecule has 2 unspecified atom stereocenters. The van der Waals surface area contributed by atoms with Crippen molar-refractivity contribution in [3.05, 3.63) is 35.9 Å². The predicted octanol–water partition coefficient (Wildman–Crippen LogP) is 2.67. The Morgan fingerprint density at radius 3 is 2.71 bits per heavy atom. The third-order valence-electron chi connectivity index (χ3n) is 4.35. The zero-order valence-corrected chi connectivity index (χ0v) is 15.1. The number of aliphatic hydroxyl groups is 1. The minimum absolute atomic E-state index is 0.123. The Hall–Kier alpha value is -1.59. The second kappa shape index (κ2) is 8.49. The Morgan fingerprint density at radius 2 is 2.04 bits per heavy atom. The van der Waals surface area contributed by atoms with Crippen molar-refractivity contribution in [1.82, 2.24) is 15.5 Å². The summed E-state index contributed by atoms with van der Waals surface area (Å²) in [5, 5.41) is 16.3. The van der Waals surface area contributed by atoms with Crippen LogP contribution in [0.3, 0.4) is 0 Å². The molecule has 5 heteroatoms. The SMILES string of the molecule is CC(C)(C)NC(=O)NCCN1CCCC1CC(O)c1ccccc1. The number of hydrogen-bond donors (Lipinski definition) is 3. The summed E-state index contributed by atoms with van der Waals surface area (Å²) in [6.45, 7) is 8.38. The van der Waals surface area contributed by atoms with Gasteiger partial charge in [-0.05, 0) is 52.1 Å². The molecule has 1 saturated heterocycles. The van der Waals surface area contributed by atoms with Crippen LogP contribution >= 0.6 is 0 Å². The molecular formula is C19H31N3O2. The van der Waals surface area contributed by atoms with E-state index in [0.717, 1.165) is 37.9 Å². The van der Waals surface area contributed by atoms with Crippen LogP contribution in [0.25, 0.3) is 0 Å². The second-order valence-electron chi connectivity index (χ2n) is 7.63. The molecule has 1 aromatic rings. The number of aliphatic hydroxyl groups excluding tert-OH is 1. The van der Waals surface area contributed by atoms with Gasteiger partial charge in [-0.2, -0.15) is 0 Å². The Labute approximate surface area is 145 Å². The zero-order valence-electron chi connectivity index (χ0n) is 15.1. The van der Waals surface area contributed by atoms with Crippen LogP contribution in [0.15, 0.2) is 30.3 Å². The number of urea groups is 1. The van der Waals surface area contributed by atoms with Crippen molar-refractivity contribution in [1.29, 1.82) is 0 Å². The molecule has 0 bridgehead atoms. The molecular weight excluding hydrogens is 302 g/mol. The molecule has 0 spiro atoms. The standard InChI is InChI=1S/C19H31N3O2/c1-19(2,3)21-18(24)20-11-13-22-12-7-10-16(22)14-17(23)15-8-5-4-6-9-15/h4-6,8-9,16-17,23H,7,10-14H2,1-3H3,(H2,20,21,24). The van der Waals surface area contributed by atoms with Crippen molar-refractivity contribution in [2.24, 2.45) is 0 Å². The van der Waals surface area contributed by atoms with Gasteiger partial charge in [0.25, 0.3) is 0 Å². The van der Waals surface area contributed by atoms with Crippen LogP contribution in [0.5, 0.6) is 0 Å². The molecule has 0 saturated carbocycles. The normalized spacial score (nSPS) is 19.9. The van der Waals surface area contributed by atoms with Gasteiger partial charge in [0.15, 0.2) is 0 Å². The molecule has 1 aliphatic heterocycles. The van der Waals surface area contributed by atoms with Gasteiger partial charge >= 0.3 is 6.03 Å². The van der Waals surface area contributed by atoms with Gasteiger partial charge in [-0.3, -0.25) is 4.90 Å². The summed E-state index contributed by atoms with van der Waals surface area (Å²) in [7, 11) is 0. The van der Waals surface area contributed by atoms with Crippen LogP contribution in [0.2, 0.25) is 0 Å². The number of carbonyl (C=O) groups excluding carboxylic acids is 1. The molecule has 2 atom stereocenters. The fourth-order valence-electron chi connectivity index (χ4n) is 3.22. The van der Waals surface area contributed by atoms with Crippen LogP contribution in [-0.4, -0.2) is 47.3 Å². The van der Waals surface area contributed by atoms with Crippen LogP contribution in [0, 0.1) is 0 Å². The zero-order chi connectivity index (χ0) is 17.6. The molecule has 3 N–H and O–H groups in total. The van der Waals surface area contributed by atoms with Crippen LogP contribution in [0.4, 0.5) is 4.79 Å². The average Bonchev–Trinajstić information content (AvgIpc) is 2.93. The summed E-state index contributed by atoms with van der Waals surface area (Å²) in [4.78, 5) is 14.2. The Morgan fingerprint density at radius 1 is 1.33 bits per heavy atom. The number of likely N-dealkylation sites (tertiary alicyclic amines) is 1. The van der Waals surface area contributed by atoms with E-state index in [-0.39, 0.29) is 11.6 Å². The molecule has 5 nitrogen and oxygen atoms in total. The lowest BCUT2D eigenvalue weighted by molar-refractivity contribution is 0.121. The first-order valence-electron chi connectivity index (χ1n) is 8.88. The van der Waals surface area contributed by atoms with E-state index in [0.29, 0.717) is 12.6 Å². The Bertz CT molecular complexity index is 513. The highest BCUT2D eigenvalue weighted by Gasteiger charge is 2.26. The van der Waals surface area contributed by atoms with Crippen molar-refractivity contribution in [2.45, 2.75) is 57.7 Å². The first-order valence-corrected chi connectivity index (χ1v) is 8.88. The van der Waals surface area contributed by atoms with Crippen molar-refractivity contribution in [3.63, 3.8) is 0 Å². The summed E-state index contributed by atoms with van der Waals surface area (Å²) in [6.07, 6.45) is 2.59. The molecule has 1 heterocycles. The highest BCUT2D eigenvalue weighted by Crippen LogP contribution is 2.26. The number of amides is 2. The fraction of sp³-hybridized carbons (Fsp3) is 0.632. The molecule has 2 rings (SSSR count). The van der Waals surface area contributed by atoms with Gasteiger partial charge in [0, 0.05) is 24.7 Å². The lowest BCUT2D eigenvalue weighted by Gasteiger charge is -2.27. The highest BCUT2D eigenvalue weighted by atomic mass is 16.3. The van der Waals surface area contributed by atoms with Crippen molar-refractivity contribution >= 4 is 6.03 Å². The largest absolute Gasteiger partial charge is 0.388 e. The molecule has 24 heavy (non-hydrogen) atoms. The third kappa shape index (κ3) is 6.13. The topological polar surface area (TPSA) is 64.6 Å². The molecule has 2 amide bonds. The van der Waals surface area contributed by atoms with Crippen LogP contribution in [-0.2, 0) is 0 Å². The lowest BCUT2D eigenvalue weighted by Crippen LogP contribution is -2.48. The van der Waals surface area contributed by atoms with E-state index in [9.17, 15) is 9.90 Å². The molecule has 0 aliphatic carbocycles. The second-order valence-corrected chi connectivity index (χ2v) is 7.63. The van der Waals surface area contributed by atoms with E-state index < -0.39 is 6.10 Å². The third-order valence-corrected chi connectivity index (χ3v) is 4.35. The van der Waals surface area contributed by atoms with Crippen molar-refractivity contribution in [2.75, 3.05) is 19.6 Å². The quantitative estimate of drug-likeness (QED) is 0.750. The lowest BCUT2D eigenvalue weighted by atomic mass is 10.0. The van der Waals surface area contributed by atoms with Gasteiger partial charge in [-0.1, -0.05) is 30.3 Å². The summed E-state index contributed by atoms with van der Waals surface area (Å²) >= 11 is 0. The van der Waals surface area contributed by atoms with Gasteiger partial charge in [0.05, 0.1) is 6.10 Å². The van der Waals surface area contributed by atoms with E-state index in [4.69, 9.17) is 0 Å². The van der Waals surface area contributed by atoms with Gasteiger partial charge in [-0.15, -0.1) is 0 Å². The summed E-state index contributed by atoms with van der Waals surface area (Å²) in [5.41, 5.74) is 0.757. The number of hydrogen-bond acceptors (Lipinski definition) is 3. The minimum atomic E-state index is -0.422. The van der Waals surface area contributed by atoms with Gasteiger partial charge in [0.2, 0.25) is 0 Å². The molecule has 0 radical (unpaired) electrons. The van der Waals surface area contributed by atoms with Gasteiger partial charge in [0.1, 0.15) is 0 Å². The molecule has 134 valence electrons. The summed E-state index contributed by atoms with van der Waals surface area (Å²) in [6, 6.07) is 10.1. The number of nitrogens with one attached hydrogen (secondary N) is 2. The van der Waals surface area contributed by atoms with Gasteiger partial charge < -0.3 is 15.7 Å². The highest BCUT2D eigenvalue weighted by molar-refractivity contribution is 5.74. The first kappa shape index (κ1) is 18.7. The van der Waals surface area contributed by atoms with E-state index in [2.05, 4.69) is 15.5 Å². The van der Waals surface area contributed by atoms with E-state index in [1.807, 2.05) is 51.1 Å². The predicted molar refractivity (Wildman–Crippen MR) is 96.9 cm³/mol. The molecule has 1 fully saturated rings. The monoisotopic (exact) mass is 333 g/mol. The molecule has 1 aliphatic rings. The van der Waals surface area contributed by atoms with E-state index in [1.54, 1.807) is 0 Å². The Kier molecular flexibility index (Phi) is 6.63. The maximum Gasteiger partial charge on any atom is 0.315 e. The average molecular weight is 333 g/mol. The number of rotatable bonds is 6. The number of nitrogens with zero attached hydrogens (tertiary/aromatic N) is 1. The van der Waals surface area contributed by atoms with Crippen LogP contribution < -0.4 is 10.6 Å². The number of benzene rings is 1. The van der Waals surface area contributed by atoms with Crippen LogP contribution in [0.1, 0.15) is 51.7 Å². The maximum absolute atomic E-state index is 11.8. The smallest absolute Gasteiger partial charge is 0.315 e. The van der Waals surface area contributed by atoms with Crippen molar-refractivity contribution < 1.29 is 9.90 Å². The van der Waals surface area contributed by atoms with Gasteiger partial charge in [-0.25, -0.2) is 4.79 Å². The van der Waals surface area contributed by atoms with Crippen molar-refractivity contribution in [3.8, 4) is 0 Å². The minimum Gasteiger partial charge on any atom is -0.388 e. The maximum atomic E-state index is 11.8. The van der Waals surface area contributed by atoms with E-state index in [1.165, 1.54) is 0 Å². The number of carbonyl (C=O) groups is 1. The Balaban J connectivity index is 1.76. The fourth-order valence-corrected chi connectivity index (χ4v) is 3.22. The summed E-state index contributed by atoms with van der Waals surface area (Å²) < 4.78 is 0. The molecule has 0 aromatic heterocycles. The molecule has 1 aromatic carbocycles. The summed E-state index contributed by atoms with van der Waals surface area (Å²) in [5.74, 6) is 0. The first-order chi connectivity index (χ1) is 11.3. The van der Waals surface area contributed by atoms with E-state index >= 15 is 0 Å².